The van der Waals surface area contributed by atoms with Gasteiger partial charge in [0, 0.05) is 12.7 Å². The average Bonchev–Trinajstić information content (AvgIpc) is 2.56. The SMILES string of the molecule is COc1ccc(Oc2ccc(NC(=O)N(C)OC)cc2)cc1. The van der Waals surface area contributed by atoms with Gasteiger partial charge in [-0.2, -0.15) is 0 Å². The van der Waals surface area contributed by atoms with Crippen molar-refractivity contribution < 1.29 is 19.1 Å². The van der Waals surface area contributed by atoms with Gasteiger partial charge in [0.1, 0.15) is 17.2 Å². The molecule has 6 heteroatoms. The van der Waals surface area contributed by atoms with Gasteiger partial charge in [-0.15, -0.1) is 0 Å². The van der Waals surface area contributed by atoms with Crippen LogP contribution in [0.3, 0.4) is 0 Å². The highest BCUT2D eigenvalue weighted by Gasteiger charge is 2.07. The summed E-state index contributed by atoms with van der Waals surface area (Å²) < 4.78 is 10.8. The van der Waals surface area contributed by atoms with E-state index in [9.17, 15) is 4.79 Å². The lowest BCUT2D eigenvalue weighted by Gasteiger charge is -2.14. The van der Waals surface area contributed by atoms with Crippen LogP contribution in [0.4, 0.5) is 10.5 Å². The minimum atomic E-state index is -0.355. The third-order valence-corrected chi connectivity index (χ3v) is 2.96. The van der Waals surface area contributed by atoms with Crippen molar-refractivity contribution in [2.24, 2.45) is 0 Å². The molecular formula is C16H18N2O4. The molecule has 0 aliphatic heterocycles. The molecular weight excluding hydrogens is 284 g/mol. The van der Waals surface area contributed by atoms with E-state index in [1.807, 2.05) is 24.3 Å². The Morgan fingerprint density at radius 3 is 1.91 bits per heavy atom. The number of anilines is 1. The summed E-state index contributed by atoms with van der Waals surface area (Å²) in [6.45, 7) is 0. The van der Waals surface area contributed by atoms with Gasteiger partial charge in [0.15, 0.2) is 0 Å². The molecule has 116 valence electrons. The van der Waals surface area contributed by atoms with Crippen LogP contribution in [0.15, 0.2) is 48.5 Å². The molecule has 6 nitrogen and oxygen atoms in total. The Hall–Kier alpha value is -2.73. The molecule has 0 atom stereocenters. The van der Waals surface area contributed by atoms with Gasteiger partial charge in [-0.3, -0.25) is 4.84 Å². The Bertz CT molecular complexity index is 611. The smallest absolute Gasteiger partial charge is 0.345 e. The fourth-order valence-electron chi connectivity index (χ4n) is 1.67. The minimum absolute atomic E-state index is 0.355. The molecule has 2 aromatic rings. The van der Waals surface area contributed by atoms with Crippen molar-refractivity contribution in [3.8, 4) is 17.2 Å². The van der Waals surface area contributed by atoms with Crippen LogP contribution in [0.25, 0.3) is 0 Å². The van der Waals surface area contributed by atoms with Gasteiger partial charge < -0.3 is 14.8 Å². The average molecular weight is 302 g/mol. The normalized spacial score (nSPS) is 9.95. The molecule has 0 aromatic heterocycles. The molecule has 2 amide bonds. The second kappa shape index (κ2) is 7.33. The number of hydrogen-bond acceptors (Lipinski definition) is 4. The van der Waals surface area contributed by atoms with E-state index in [4.69, 9.17) is 14.3 Å². The first-order valence-corrected chi connectivity index (χ1v) is 6.63. The number of hydroxylamine groups is 2. The van der Waals surface area contributed by atoms with Gasteiger partial charge in [0.25, 0.3) is 0 Å². The lowest BCUT2D eigenvalue weighted by atomic mass is 10.3. The lowest BCUT2D eigenvalue weighted by Crippen LogP contribution is -2.30. The van der Waals surface area contributed by atoms with Gasteiger partial charge >= 0.3 is 6.03 Å². The number of benzene rings is 2. The number of hydrogen-bond donors (Lipinski definition) is 1. The molecule has 0 spiro atoms. The van der Waals surface area contributed by atoms with Crippen LogP contribution in [-0.4, -0.2) is 32.4 Å². The molecule has 0 bridgehead atoms. The van der Waals surface area contributed by atoms with E-state index in [1.54, 1.807) is 31.4 Å². The second-order valence-corrected chi connectivity index (χ2v) is 4.41. The zero-order valence-corrected chi connectivity index (χ0v) is 12.7. The highest BCUT2D eigenvalue weighted by molar-refractivity contribution is 5.88. The number of ether oxygens (including phenoxy) is 2. The maximum atomic E-state index is 11.6. The highest BCUT2D eigenvalue weighted by atomic mass is 16.7. The van der Waals surface area contributed by atoms with Crippen LogP contribution in [0.1, 0.15) is 0 Å². The molecule has 0 radical (unpaired) electrons. The molecule has 22 heavy (non-hydrogen) atoms. The van der Waals surface area contributed by atoms with Crippen molar-refractivity contribution in [3.05, 3.63) is 48.5 Å². The fraction of sp³-hybridized carbons (Fsp3) is 0.188. The van der Waals surface area contributed by atoms with E-state index in [0.29, 0.717) is 17.2 Å². The van der Waals surface area contributed by atoms with Crippen LogP contribution >= 0.6 is 0 Å². The maximum absolute atomic E-state index is 11.6. The molecule has 0 aliphatic rings. The predicted octanol–water partition coefficient (Wildman–Crippen LogP) is 3.51. The van der Waals surface area contributed by atoms with Crippen LogP contribution in [0.2, 0.25) is 0 Å². The van der Waals surface area contributed by atoms with Gasteiger partial charge in [-0.25, -0.2) is 9.86 Å². The number of rotatable bonds is 5. The first kappa shape index (κ1) is 15.7. The predicted molar refractivity (Wildman–Crippen MR) is 83.3 cm³/mol. The standard InChI is InChI=1S/C16H18N2O4/c1-18(21-3)16(19)17-12-4-6-14(7-5-12)22-15-10-8-13(20-2)9-11-15/h4-11H,1-3H3,(H,17,19). The zero-order chi connectivity index (χ0) is 15.9. The number of nitrogens with zero attached hydrogens (tertiary/aromatic N) is 1. The van der Waals surface area contributed by atoms with E-state index < -0.39 is 0 Å². The number of nitrogens with one attached hydrogen (secondary N) is 1. The minimum Gasteiger partial charge on any atom is -0.497 e. The third kappa shape index (κ3) is 4.13. The second-order valence-electron chi connectivity index (χ2n) is 4.41. The van der Waals surface area contributed by atoms with E-state index >= 15 is 0 Å². The van der Waals surface area contributed by atoms with E-state index in [-0.39, 0.29) is 6.03 Å². The summed E-state index contributed by atoms with van der Waals surface area (Å²) in [6.07, 6.45) is 0. The summed E-state index contributed by atoms with van der Waals surface area (Å²) in [6, 6.07) is 14.0. The molecule has 0 saturated carbocycles. The van der Waals surface area contributed by atoms with Crippen molar-refractivity contribution >= 4 is 11.7 Å². The monoisotopic (exact) mass is 302 g/mol. The molecule has 0 fully saturated rings. The van der Waals surface area contributed by atoms with E-state index in [2.05, 4.69) is 5.32 Å². The molecule has 0 unspecified atom stereocenters. The summed E-state index contributed by atoms with van der Waals surface area (Å²) in [5.74, 6) is 2.15. The fourth-order valence-corrected chi connectivity index (χ4v) is 1.67. The van der Waals surface area contributed by atoms with Crippen LogP contribution in [0.5, 0.6) is 17.2 Å². The Kier molecular flexibility index (Phi) is 5.21. The molecule has 0 saturated heterocycles. The molecule has 2 aromatic carbocycles. The number of urea groups is 1. The Morgan fingerprint density at radius 1 is 0.909 bits per heavy atom. The van der Waals surface area contributed by atoms with Gasteiger partial charge in [-0.1, -0.05) is 0 Å². The Morgan fingerprint density at radius 2 is 1.41 bits per heavy atom. The highest BCUT2D eigenvalue weighted by Crippen LogP contribution is 2.25. The van der Waals surface area contributed by atoms with Crippen molar-refractivity contribution in [2.45, 2.75) is 0 Å². The van der Waals surface area contributed by atoms with Gasteiger partial charge in [0.2, 0.25) is 0 Å². The van der Waals surface area contributed by atoms with Crippen molar-refractivity contribution in [2.75, 3.05) is 26.6 Å². The molecule has 0 aliphatic carbocycles. The van der Waals surface area contributed by atoms with Crippen LogP contribution in [-0.2, 0) is 4.84 Å². The summed E-state index contributed by atoms with van der Waals surface area (Å²) in [5.41, 5.74) is 0.649. The van der Waals surface area contributed by atoms with Gasteiger partial charge in [0.05, 0.1) is 14.2 Å². The quantitative estimate of drug-likeness (QED) is 0.859. The summed E-state index contributed by atoms with van der Waals surface area (Å²) in [7, 11) is 4.56. The largest absolute Gasteiger partial charge is 0.497 e. The topological polar surface area (TPSA) is 60.0 Å². The van der Waals surface area contributed by atoms with Crippen molar-refractivity contribution in [3.63, 3.8) is 0 Å². The first-order chi connectivity index (χ1) is 10.6. The summed E-state index contributed by atoms with van der Waals surface area (Å²) in [5, 5.41) is 3.79. The third-order valence-electron chi connectivity index (χ3n) is 2.96. The van der Waals surface area contributed by atoms with E-state index in [0.717, 1.165) is 10.8 Å². The number of amides is 2. The van der Waals surface area contributed by atoms with Gasteiger partial charge in [-0.05, 0) is 48.5 Å². The summed E-state index contributed by atoms with van der Waals surface area (Å²) >= 11 is 0. The van der Waals surface area contributed by atoms with E-state index in [1.165, 1.54) is 14.2 Å². The Balaban J connectivity index is 1.97. The Labute approximate surface area is 129 Å². The number of carbonyl (C=O) groups is 1. The summed E-state index contributed by atoms with van der Waals surface area (Å²) in [4.78, 5) is 16.4. The zero-order valence-electron chi connectivity index (χ0n) is 12.7. The van der Waals surface area contributed by atoms with Crippen molar-refractivity contribution in [1.29, 1.82) is 0 Å². The maximum Gasteiger partial charge on any atom is 0.345 e. The molecule has 2 rings (SSSR count). The van der Waals surface area contributed by atoms with Crippen LogP contribution in [0, 0.1) is 0 Å². The number of methoxy groups -OCH3 is 1. The molecule has 0 heterocycles. The van der Waals surface area contributed by atoms with Crippen molar-refractivity contribution in [1.82, 2.24) is 5.06 Å². The lowest BCUT2D eigenvalue weighted by molar-refractivity contribution is -0.0598. The first-order valence-electron chi connectivity index (χ1n) is 6.63. The number of carbonyl (C=O) groups excluding carboxylic acids is 1. The van der Waals surface area contributed by atoms with Crippen LogP contribution < -0.4 is 14.8 Å². The molecule has 1 N–H and O–H groups in total.